The maximum atomic E-state index is 12.1. The molecule has 15 heavy (non-hydrogen) atoms. The molecule has 0 aliphatic carbocycles. The van der Waals surface area contributed by atoms with Gasteiger partial charge in [0, 0.05) is 2.74 Å². The molecule has 6 nitrogen and oxygen atoms in total. The zero-order chi connectivity index (χ0) is 13.4. The highest BCUT2D eigenvalue weighted by Gasteiger charge is 2.67. The van der Waals surface area contributed by atoms with Gasteiger partial charge < -0.3 is 10.0 Å². The number of sulfone groups is 1. The molecule has 1 N–H and O–H groups in total. The standard InChI is InChI=1S/C8H11NO5S/c1-8(2)6(7(11)12)9-4(10)3-5(9)15(8,13)14/h5-6H,3H2,1-2H3,(H,11,12)/t5-,6+/m1/s1/i3D2. The first-order chi connectivity index (χ1) is 7.47. The van der Waals surface area contributed by atoms with Crippen molar-refractivity contribution in [3.8, 4) is 0 Å². The van der Waals surface area contributed by atoms with E-state index in [-0.39, 0.29) is 0 Å². The molecule has 0 radical (unpaired) electrons. The molecule has 0 unspecified atom stereocenters. The van der Waals surface area contributed by atoms with Crippen LogP contribution in [0.1, 0.15) is 23.0 Å². The van der Waals surface area contributed by atoms with Crippen LogP contribution in [-0.4, -0.2) is 46.5 Å². The second kappa shape index (κ2) is 2.52. The van der Waals surface area contributed by atoms with Gasteiger partial charge in [0.15, 0.2) is 9.84 Å². The minimum absolute atomic E-state index is 0.623. The predicted octanol–water partition coefficient (Wildman–Crippen LogP) is -0.795. The second-order valence-electron chi connectivity index (χ2n) is 4.10. The first-order valence-electron chi connectivity index (χ1n) is 5.26. The molecule has 0 bridgehead atoms. The van der Waals surface area contributed by atoms with Gasteiger partial charge in [-0.1, -0.05) is 0 Å². The summed E-state index contributed by atoms with van der Waals surface area (Å²) in [6, 6.07) is -1.53. The molecule has 0 spiro atoms. The predicted molar refractivity (Wildman–Crippen MR) is 49.7 cm³/mol. The molecule has 84 valence electrons. The van der Waals surface area contributed by atoms with Crippen LogP contribution in [0.15, 0.2) is 0 Å². The maximum absolute atomic E-state index is 12.1. The topological polar surface area (TPSA) is 91.8 Å². The van der Waals surface area contributed by atoms with E-state index in [0.717, 1.165) is 0 Å². The van der Waals surface area contributed by atoms with Crippen molar-refractivity contribution in [2.45, 2.75) is 36.4 Å². The number of nitrogens with zero attached hydrogens (tertiary/aromatic N) is 1. The lowest BCUT2D eigenvalue weighted by atomic mass is 9.98. The summed E-state index contributed by atoms with van der Waals surface area (Å²) in [7, 11) is -4.05. The van der Waals surface area contributed by atoms with Crippen molar-refractivity contribution in [3.05, 3.63) is 0 Å². The molecule has 2 saturated heterocycles. The summed E-state index contributed by atoms with van der Waals surface area (Å²) in [5.41, 5.74) is 0. The van der Waals surface area contributed by atoms with Crippen molar-refractivity contribution in [1.82, 2.24) is 4.90 Å². The highest BCUT2D eigenvalue weighted by molar-refractivity contribution is 7.93. The van der Waals surface area contributed by atoms with Gasteiger partial charge in [-0.3, -0.25) is 4.79 Å². The number of β-lactam (4-membered cyclic amide) rings is 1. The minimum Gasteiger partial charge on any atom is -0.480 e. The van der Waals surface area contributed by atoms with Crippen LogP contribution < -0.4 is 0 Å². The van der Waals surface area contributed by atoms with Gasteiger partial charge in [-0.15, -0.1) is 0 Å². The van der Waals surface area contributed by atoms with Crippen molar-refractivity contribution in [2.75, 3.05) is 0 Å². The Morgan fingerprint density at radius 1 is 1.67 bits per heavy atom. The van der Waals surface area contributed by atoms with Gasteiger partial charge in [0.05, 0.1) is 11.1 Å². The van der Waals surface area contributed by atoms with Gasteiger partial charge in [-0.25, -0.2) is 13.2 Å². The molecule has 0 aromatic heterocycles. The van der Waals surface area contributed by atoms with Crippen molar-refractivity contribution in [1.29, 1.82) is 0 Å². The third-order valence-corrected chi connectivity index (χ3v) is 5.55. The van der Waals surface area contributed by atoms with Crippen molar-refractivity contribution in [3.63, 3.8) is 0 Å². The molecular weight excluding hydrogens is 222 g/mol. The SMILES string of the molecule is [2H]C1([2H])C(=O)N2[C@@H](C(=O)O)C(C)(C)S(=O)(=O)[C@@H]21. The minimum atomic E-state index is -4.05. The molecular formula is C8H11NO5S. The zero-order valence-corrected chi connectivity index (χ0v) is 8.91. The molecule has 0 saturated carbocycles. The molecule has 1 amide bonds. The summed E-state index contributed by atoms with van der Waals surface area (Å²) in [5.74, 6) is -2.52. The number of hydrogen-bond acceptors (Lipinski definition) is 4. The van der Waals surface area contributed by atoms with Gasteiger partial charge in [0.2, 0.25) is 5.91 Å². The van der Waals surface area contributed by atoms with E-state index in [9.17, 15) is 18.0 Å². The summed E-state index contributed by atoms with van der Waals surface area (Å²) in [4.78, 5) is 23.2. The van der Waals surface area contributed by atoms with Crippen LogP contribution in [0.5, 0.6) is 0 Å². The smallest absolute Gasteiger partial charge is 0.328 e. The van der Waals surface area contributed by atoms with Crippen LogP contribution >= 0.6 is 0 Å². The molecule has 2 rings (SSSR count). The fourth-order valence-corrected chi connectivity index (χ4v) is 3.84. The second-order valence-corrected chi connectivity index (χ2v) is 6.69. The van der Waals surface area contributed by atoms with Crippen LogP contribution in [-0.2, 0) is 19.4 Å². The molecule has 0 aromatic rings. The van der Waals surface area contributed by atoms with Crippen LogP contribution in [0.3, 0.4) is 0 Å². The highest BCUT2D eigenvalue weighted by atomic mass is 32.2. The van der Waals surface area contributed by atoms with Gasteiger partial charge in [-0.05, 0) is 13.8 Å². The molecule has 2 atom stereocenters. The van der Waals surface area contributed by atoms with Crippen LogP contribution in [0.2, 0.25) is 0 Å². The average molecular weight is 235 g/mol. The number of carbonyl (C=O) groups excluding carboxylic acids is 1. The van der Waals surface area contributed by atoms with Gasteiger partial charge in [0.25, 0.3) is 0 Å². The Hall–Kier alpha value is -1.11. The summed E-state index contributed by atoms with van der Waals surface area (Å²) < 4.78 is 37.2. The Bertz CT molecular complexity index is 526. The summed E-state index contributed by atoms with van der Waals surface area (Å²) in [6.45, 7) is 2.39. The first-order valence-corrected chi connectivity index (χ1v) is 5.81. The van der Waals surface area contributed by atoms with Crippen molar-refractivity contribution < 1.29 is 25.9 Å². The lowest BCUT2D eigenvalue weighted by molar-refractivity contribution is -0.157. The van der Waals surface area contributed by atoms with Gasteiger partial charge >= 0.3 is 5.97 Å². The fraction of sp³-hybridized carbons (Fsp3) is 0.750. The number of amides is 1. The third kappa shape index (κ3) is 0.961. The Balaban J connectivity index is 2.65. The Labute approximate surface area is 89.6 Å². The highest BCUT2D eigenvalue weighted by Crippen LogP contribution is 2.45. The molecule has 2 heterocycles. The molecule has 7 heteroatoms. The average Bonchev–Trinajstić information content (AvgIpc) is 2.29. The fourth-order valence-electron chi connectivity index (χ4n) is 1.96. The lowest BCUT2D eigenvalue weighted by Gasteiger charge is -2.35. The van der Waals surface area contributed by atoms with E-state index in [1.54, 1.807) is 0 Å². The number of rotatable bonds is 1. The van der Waals surface area contributed by atoms with E-state index >= 15 is 0 Å². The van der Waals surface area contributed by atoms with Crippen LogP contribution in [0, 0.1) is 0 Å². The first kappa shape index (κ1) is 8.09. The Kier molecular flexibility index (Phi) is 1.36. The number of aliphatic carboxylic acids is 1. The van der Waals surface area contributed by atoms with E-state index in [1.165, 1.54) is 13.8 Å². The van der Waals surface area contributed by atoms with E-state index in [2.05, 4.69) is 0 Å². The van der Waals surface area contributed by atoms with E-state index in [4.69, 9.17) is 7.85 Å². The molecule has 0 aromatic carbocycles. The zero-order valence-electron chi connectivity index (χ0n) is 10.1. The third-order valence-electron chi connectivity index (χ3n) is 2.93. The number of carbonyl (C=O) groups is 2. The molecule has 2 aliphatic rings. The Morgan fingerprint density at radius 2 is 2.20 bits per heavy atom. The van der Waals surface area contributed by atoms with Crippen molar-refractivity contribution >= 4 is 21.7 Å². The number of fused-ring (bicyclic) bond motifs is 1. The monoisotopic (exact) mass is 235 g/mol. The maximum Gasteiger partial charge on any atom is 0.328 e. The van der Waals surface area contributed by atoms with E-state index in [1.807, 2.05) is 0 Å². The van der Waals surface area contributed by atoms with E-state index < -0.39 is 44.2 Å². The summed E-state index contributed by atoms with van der Waals surface area (Å²) >= 11 is 0. The lowest BCUT2D eigenvalue weighted by Crippen LogP contribution is -2.57. The molecule has 2 aliphatic heterocycles. The van der Waals surface area contributed by atoms with E-state index in [0.29, 0.717) is 4.90 Å². The quantitative estimate of drug-likeness (QED) is 0.601. The molecule has 2 fully saturated rings. The normalized spacial score (nSPS) is 41.2. The Morgan fingerprint density at radius 3 is 2.67 bits per heavy atom. The number of carboxylic acids is 1. The van der Waals surface area contributed by atoms with Crippen LogP contribution in [0.4, 0.5) is 0 Å². The van der Waals surface area contributed by atoms with Gasteiger partial charge in [0.1, 0.15) is 11.4 Å². The number of carboxylic acid groups (broad SMARTS) is 1. The number of hydrogen-bond donors (Lipinski definition) is 1. The van der Waals surface area contributed by atoms with Crippen molar-refractivity contribution in [2.24, 2.45) is 0 Å². The van der Waals surface area contributed by atoms with Crippen LogP contribution in [0.25, 0.3) is 0 Å². The largest absolute Gasteiger partial charge is 0.480 e. The summed E-state index contributed by atoms with van der Waals surface area (Å²) in [6.07, 6.45) is -2.53. The van der Waals surface area contributed by atoms with Gasteiger partial charge in [-0.2, -0.15) is 0 Å². The summed E-state index contributed by atoms with van der Waals surface area (Å²) in [5, 5.41) is 7.33.